The molecule has 0 aliphatic rings. The van der Waals surface area contributed by atoms with E-state index in [2.05, 4.69) is 205 Å². The Bertz CT molecular complexity index is 3880. The van der Waals surface area contributed by atoms with Crippen molar-refractivity contribution in [3.8, 4) is 28.3 Å². The molecule has 0 unspecified atom stereocenters. The average molecular weight is 748 g/mol. The van der Waals surface area contributed by atoms with Crippen molar-refractivity contribution < 1.29 is 0 Å². The molecule has 0 spiro atoms. The van der Waals surface area contributed by atoms with E-state index in [9.17, 15) is 0 Å². The first-order valence-corrected chi connectivity index (χ1v) is 20.2. The molecule has 11 aromatic carbocycles. The molecule has 2 heterocycles. The van der Waals surface area contributed by atoms with Gasteiger partial charge in [-0.15, -0.1) is 0 Å². The topological polar surface area (TPSA) is 30.7 Å². The van der Waals surface area contributed by atoms with Crippen LogP contribution in [0.1, 0.15) is 0 Å². The summed E-state index contributed by atoms with van der Waals surface area (Å²) in [7, 11) is 0. The summed E-state index contributed by atoms with van der Waals surface area (Å²) < 4.78 is 2.49. The first kappa shape index (κ1) is 32.2. The summed E-state index contributed by atoms with van der Waals surface area (Å²) in [6.07, 6.45) is 0. The Kier molecular flexibility index (Phi) is 6.72. The van der Waals surface area contributed by atoms with Crippen molar-refractivity contribution in [2.75, 3.05) is 0 Å². The van der Waals surface area contributed by atoms with Gasteiger partial charge in [0.15, 0.2) is 5.82 Å². The minimum atomic E-state index is 0.721. The molecule has 0 saturated carbocycles. The van der Waals surface area contributed by atoms with Crippen LogP contribution in [0.25, 0.3) is 126 Å². The van der Waals surface area contributed by atoms with Crippen molar-refractivity contribution in [3.63, 3.8) is 0 Å². The Morgan fingerprint density at radius 2 is 0.864 bits per heavy atom. The quantitative estimate of drug-likeness (QED) is 0.169. The maximum Gasteiger partial charge on any atom is 0.160 e. The molecule has 13 rings (SSSR count). The van der Waals surface area contributed by atoms with E-state index in [1.165, 1.54) is 81.1 Å². The summed E-state index contributed by atoms with van der Waals surface area (Å²) in [6.45, 7) is 0. The fourth-order valence-corrected chi connectivity index (χ4v) is 9.92. The lowest BCUT2D eigenvalue weighted by Crippen LogP contribution is -1.96. The first-order valence-electron chi connectivity index (χ1n) is 20.2. The summed E-state index contributed by atoms with van der Waals surface area (Å²) >= 11 is 0. The molecule has 59 heavy (non-hydrogen) atoms. The lowest BCUT2D eigenvalue weighted by Gasteiger charge is -2.14. The van der Waals surface area contributed by atoms with E-state index in [0.717, 1.165) is 44.6 Å². The second kappa shape index (κ2) is 12.3. The minimum absolute atomic E-state index is 0.721. The van der Waals surface area contributed by atoms with E-state index in [-0.39, 0.29) is 0 Å². The second-order valence-electron chi connectivity index (χ2n) is 15.7. The maximum absolute atomic E-state index is 5.36. The van der Waals surface area contributed by atoms with Crippen LogP contribution < -0.4 is 0 Å². The van der Waals surface area contributed by atoms with Gasteiger partial charge in [-0.3, -0.25) is 0 Å². The van der Waals surface area contributed by atoms with E-state index in [0.29, 0.717) is 0 Å². The van der Waals surface area contributed by atoms with Gasteiger partial charge in [0, 0.05) is 43.7 Å². The van der Waals surface area contributed by atoms with Gasteiger partial charge in [-0.2, -0.15) is 0 Å². The van der Waals surface area contributed by atoms with Gasteiger partial charge < -0.3 is 4.57 Å². The molecule has 0 N–H and O–H groups in total. The Morgan fingerprint density at radius 1 is 0.322 bits per heavy atom. The van der Waals surface area contributed by atoms with Crippen LogP contribution in [0, 0.1) is 0 Å². The number of benzene rings is 11. The molecule has 0 atom stereocenters. The number of fused-ring (bicyclic) bond motifs is 17. The van der Waals surface area contributed by atoms with E-state index in [1.807, 2.05) is 0 Å². The highest BCUT2D eigenvalue weighted by atomic mass is 15.0. The monoisotopic (exact) mass is 747 g/mol. The average Bonchev–Trinajstić information content (AvgIpc) is 3.66. The van der Waals surface area contributed by atoms with Crippen molar-refractivity contribution in [2.45, 2.75) is 0 Å². The number of aromatic nitrogens is 3. The van der Waals surface area contributed by atoms with Gasteiger partial charge in [-0.25, -0.2) is 9.97 Å². The Labute approximate surface area is 339 Å². The van der Waals surface area contributed by atoms with Gasteiger partial charge in [0.1, 0.15) is 0 Å². The van der Waals surface area contributed by atoms with Crippen LogP contribution in [0.15, 0.2) is 200 Å². The first-order chi connectivity index (χ1) is 29.3. The van der Waals surface area contributed by atoms with Crippen molar-refractivity contribution in [3.05, 3.63) is 200 Å². The van der Waals surface area contributed by atoms with E-state index in [1.54, 1.807) is 0 Å². The fourth-order valence-electron chi connectivity index (χ4n) is 9.92. The normalized spacial score (nSPS) is 12.1. The molecule has 2 aromatic heterocycles. The van der Waals surface area contributed by atoms with Crippen molar-refractivity contribution >= 4 is 97.3 Å². The third-order valence-electron chi connectivity index (χ3n) is 12.5. The van der Waals surface area contributed by atoms with Crippen LogP contribution in [0.3, 0.4) is 0 Å². The number of rotatable bonds is 3. The zero-order chi connectivity index (χ0) is 38.6. The Morgan fingerprint density at radius 3 is 1.61 bits per heavy atom. The van der Waals surface area contributed by atoms with Crippen LogP contribution in [-0.2, 0) is 0 Å². The predicted octanol–water partition coefficient (Wildman–Crippen LogP) is 15.0. The highest BCUT2D eigenvalue weighted by molar-refractivity contribution is 6.35. The molecule has 0 amide bonds. The standard InChI is InChI=1S/C56H33N3/c1-3-16-35(17-4-1)53-46-30-27-34-15-7-8-20-38(34)54(46)58-56(57-53)36-28-29-43-47(31-36)41-23-9-10-24-42(41)49-33-51-50(32-48(43)49)52-44-25-13-11-21-39(44)40-22-12-14-26-45(40)55(52)59(51)37-18-5-2-6-19-37/h1-33H. The smallest absolute Gasteiger partial charge is 0.160 e. The Balaban J connectivity index is 1.15. The summed E-state index contributed by atoms with van der Waals surface area (Å²) in [5, 5.41) is 18.2. The number of nitrogens with zero attached hydrogens (tertiary/aromatic N) is 3. The van der Waals surface area contributed by atoms with Gasteiger partial charge in [-0.05, 0) is 90.3 Å². The zero-order valence-corrected chi connectivity index (χ0v) is 31.9. The van der Waals surface area contributed by atoms with Gasteiger partial charge >= 0.3 is 0 Å². The third-order valence-corrected chi connectivity index (χ3v) is 12.5. The molecule has 3 heteroatoms. The van der Waals surface area contributed by atoms with Crippen molar-refractivity contribution in [1.29, 1.82) is 0 Å². The van der Waals surface area contributed by atoms with Crippen LogP contribution in [0.4, 0.5) is 0 Å². The minimum Gasteiger partial charge on any atom is -0.309 e. The van der Waals surface area contributed by atoms with Crippen LogP contribution in [0.2, 0.25) is 0 Å². The molecule has 0 aliphatic heterocycles. The van der Waals surface area contributed by atoms with Gasteiger partial charge in [-0.1, -0.05) is 164 Å². The number of hydrogen-bond donors (Lipinski definition) is 0. The summed E-state index contributed by atoms with van der Waals surface area (Å²) in [5.74, 6) is 0.721. The number of hydrogen-bond acceptors (Lipinski definition) is 2. The molecule has 3 nitrogen and oxygen atoms in total. The van der Waals surface area contributed by atoms with Gasteiger partial charge in [0.2, 0.25) is 0 Å². The zero-order valence-electron chi connectivity index (χ0n) is 31.9. The van der Waals surface area contributed by atoms with Crippen molar-refractivity contribution in [2.24, 2.45) is 0 Å². The predicted molar refractivity (Wildman–Crippen MR) is 250 cm³/mol. The Hall–Kier alpha value is -7.88. The fraction of sp³-hybridized carbons (Fsp3) is 0. The molecule has 0 saturated heterocycles. The SMILES string of the molecule is c1ccc(-c2nc(-c3ccc4c(c3)c3ccccc3c3cc5c(cc43)c3c4ccccc4c4ccccc4c3n5-c3ccccc3)nc3c2ccc2ccccc23)cc1. The van der Waals surface area contributed by atoms with E-state index >= 15 is 0 Å². The lowest BCUT2D eigenvalue weighted by molar-refractivity contribution is 1.19. The molecule has 272 valence electrons. The molecular formula is C56H33N3. The molecule has 13 aromatic rings. The highest BCUT2D eigenvalue weighted by Gasteiger charge is 2.22. The summed E-state index contributed by atoms with van der Waals surface area (Å²) in [6, 6.07) is 72.6. The van der Waals surface area contributed by atoms with Crippen molar-refractivity contribution in [1.82, 2.24) is 14.5 Å². The largest absolute Gasteiger partial charge is 0.309 e. The number of para-hydroxylation sites is 1. The van der Waals surface area contributed by atoms with Crippen LogP contribution in [0.5, 0.6) is 0 Å². The summed E-state index contributed by atoms with van der Waals surface area (Å²) in [5.41, 5.74) is 7.57. The maximum atomic E-state index is 5.36. The molecule has 0 fully saturated rings. The van der Waals surface area contributed by atoms with Crippen LogP contribution in [-0.4, -0.2) is 14.5 Å². The van der Waals surface area contributed by atoms with Gasteiger partial charge in [0.25, 0.3) is 0 Å². The molecule has 0 aliphatic carbocycles. The third kappa shape index (κ3) is 4.64. The van der Waals surface area contributed by atoms with E-state index in [4.69, 9.17) is 9.97 Å². The highest BCUT2D eigenvalue weighted by Crippen LogP contribution is 2.46. The van der Waals surface area contributed by atoms with Gasteiger partial charge in [0.05, 0.1) is 22.2 Å². The lowest BCUT2D eigenvalue weighted by atomic mass is 9.91. The molecular weight excluding hydrogens is 715 g/mol. The van der Waals surface area contributed by atoms with Crippen LogP contribution >= 0.6 is 0 Å². The second-order valence-corrected chi connectivity index (χ2v) is 15.7. The van der Waals surface area contributed by atoms with E-state index < -0.39 is 0 Å². The summed E-state index contributed by atoms with van der Waals surface area (Å²) in [4.78, 5) is 10.7. The molecule has 0 bridgehead atoms. The molecule has 0 radical (unpaired) electrons.